The number of hydrogen-bond acceptors (Lipinski definition) is 3. The van der Waals surface area contributed by atoms with E-state index in [4.69, 9.17) is 11.6 Å². The molecule has 2 fully saturated rings. The Morgan fingerprint density at radius 2 is 1.29 bits per heavy atom. The fourth-order valence-corrected chi connectivity index (χ4v) is 6.08. The van der Waals surface area contributed by atoms with Gasteiger partial charge in [0.1, 0.15) is 0 Å². The van der Waals surface area contributed by atoms with Crippen LogP contribution in [0.5, 0.6) is 0 Å². The molecule has 172 valence electrons. The summed E-state index contributed by atoms with van der Waals surface area (Å²) in [6.07, 6.45) is 4.10. The second kappa shape index (κ2) is 8.07. The first-order chi connectivity index (χ1) is 17.0. The van der Waals surface area contributed by atoms with Gasteiger partial charge in [0.15, 0.2) is 0 Å². The van der Waals surface area contributed by atoms with E-state index >= 15 is 0 Å². The Labute approximate surface area is 207 Å². The minimum atomic E-state index is -1.21. The Balaban J connectivity index is 1.46. The third-order valence-corrected chi connectivity index (χ3v) is 7.60. The van der Waals surface area contributed by atoms with Gasteiger partial charge in [0.05, 0.1) is 28.1 Å². The predicted molar refractivity (Wildman–Crippen MR) is 133 cm³/mol. The van der Waals surface area contributed by atoms with E-state index < -0.39 is 17.8 Å². The number of rotatable bonds is 4. The zero-order valence-corrected chi connectivity index (χ0v) is 19.2. The number of imide groups is 1. The molecule has 0 unspecified atom stereocenters. The third-order valence-electron chi connectivity index (χ3n) is 7.27. The largest absolute Gasteiger partial charge is 0.478 e. The molecule has 2 amide bonds. The van der Waals surface area contributed by atoms with Gasteiger partial charge in [-0.2, -0.15) is 0 Å². The number of aromatic carboxylic acids is 1. The van der Waals surface area contributed by atoms with Crippen molar-refractivity contribution in [3.8, 4) is 0 Å². The number of carbonyl (C=O) groups is 3. The SMILES string of the molecule is O=C(O)c1cc(N2C(=O)[C@@H]3[C@H](C2=O)[C@H]2C=C[C@H]3C2=C(c2ccccc2)c2ccccc2)ccc1Cl. The number of carboxylic acids is 1. The Morgan fingerprint density at radius 1 is 0.771 bits per heavy atom. The van der Waals surface area contributed by atoms with Crippen LogP contribution in [0.2, 0.25) is 5.02 Å². The van der Waals surface area contributed by atoms with Gasteiger partial charge in [0.2, 0.25) is 11.8 Å². The van der Waals surface area contributed by atoms with E-state index in [0.717, 1.165) is 27.2 Å². The monoisotopic (exact) mass is 481 g/mol. The molecule has 6 heteroatoms. The van der Waals surface area contributed by atoms with Gasteiger partial charge < -0.3 is 5.11 Å². The number of amides is 2. The number of halogens is 1. The quantitative estimate of drug-likeness (QED) is 0.396. The van der Waals surface area contributed by atoms with Crippen LogP contribution in [0.1, 0.15) is 21.5 Å². The molecule has 0 aromatic heterocycles. The summed E-state index contributed by atoms with van der Waals surface area (Å²) >= 11 is 6.01. The normalized spacial score (nSPS) is 24.3. The Bertz CT molecular complexity index is 1370. The molecule has 6 rings (SSSR count). The molecule has 1 N–H and O–H groups in total. The average molecular weight is 482 g/mol. The molecule has 0 radical (unpaired) electrons. The number of nitrogens with zero attached hydrogens (tertiary/aromatic N) is 1. The van der Waals surface area contributed by atoms with Crippen molar-refractivity contribution in [2.45, 2.75) is 0 Å². The summed E-state index contributed by atoms with van der Waals surface area (Å²) < 4.78 is 0. The fourth-order valence-electron chi connectivity index (χ4n) is 5.88. The van der Waals surface area contributed by atoms with Gasteiger partial charge in [0.25, 0.3) is 0 Å². The summed E-state index contributed by atoms with van der Waals surface area (Å²) in [5, 5.41) is 9.50. The molecular formula is C29H20ClNO4. The van der Waals surface area contributed by atoms with Gasteiger partial charge >= 0.3 is 5.97 Å². The van der Waals surface area contributed by atoms with Gasteiger partial charge in [-0.3, -0.25) is 9.59 Å². The molecule has 3 aliphatic rings. The van der Waals surface area contributed by atoms with Crippen LogP contribution in [0.25, 0.3) is 5.57 Å². The molecule has 5 nitrogen and oxygen atoms in total. The van der Waals surface area contributed by atoms with Crippen molar-refractivity contribution in [1.82, 2.24) is 0 Å². The lowest BCUT2D eigenvalue weighted by atomic mass is 9.85. The Morgan fingerprint density at radius 3 is 1.77 bits per heavy atom. The molecule has 3 aromatic carbocycles. The van der Waals surface area contributed by atoms with E-state index in [1.54, 1.807) is 0 Å². The molecule has 2 aliphatic carbocycles. The van der Waals surface area contributed by atoms with Crippen molar-refractivity contribution in [1.29, 1.82) is 0 Å². The molecule has 3 aromatic rings. The van der Waals surface area contributed by atoms with Crippen molar-refractivity contribution in [3.63, 3.8) is 0 Å². The lowest BCUT2D eigenvalue weighted by Gasteiger charge is -2.22. The van der Waals surface area contributed by atoms with Gasteiger partial charge in [-0.25, -0.2) is 9.69 Å². The molecule has 0 spiro atoms. The molecule has 1 saturated carbocycles. The van der Waals surface area contributed by atoms with Crippen LogP contribution in [-0.2, 0) is 9.59 Å². The summed E-state index contributed by atoms with van der Waals surface area (Å²) in [5.41, 5.74) is 4.36. The van der Waals surface area contributed by atoms with Gasteiger partial charge in [-0.15, -0.1) is 0 Å². The maximum Gasteiger partial charge on any atom is 0.337 e. The fraction of sp³-hybridized carbons (Fsp3) is 0.138. The second-order valence-corrected chi connectivity index (χ2v) is 9.44. The average Bonchev–Trinajstić information content (AvgIpc) is 3.50. The minimum absolute atomic E-state index is 0.0582. The van der Waals surface area contributed by atoms with Crippen LogP contribution >= 0.6 is 11.6 Å². The van der Waals surface area contributed by atoms with E-state index in [9.17, 15) is 19.5 Å². The number of carbonyl (C=O) groups excluding carboxylic acids is 2. The number of carboxylic acid groups (broad SMARTS) is 1. The van der Waals surface area contributed by atoms with Crippen molar-refractivity contribution in [2.75, 3.05) is 4.90 Å². The molecule has 1 aliphatic heterocycles. The standard InChI is InChI=1S/C29H20ClNO4/c30-22-14-11-18(15-21(22)29(34)35)31-27(32)25-19-12-13-20(26(25)28(31)33)24(19)23(16-7-3-1-4-8-16)17-9-5-2-6-10-17/h1-15,19-20,25-26H,(H,34,35)/t19-,20-,25-,26+/m0/s1. The van der Waals surface area contributed by atoms with E-state index in [1.807, 2.05) is 48.6 Å². The summed E-state index contributed by atoms with van der Waals surface area (Å²) in [4.78, 5) is 40.0. The van der Waals surface area contributed by atoms with Crippen LogP contribution in [0.3, 0.4) is 0 Å². The van der Waals surface area contributed by atoms with E-state index in [1.165, 1.54) is 18.2 Å². The maximum atomic E-state index is 13.7. The third kappa shape index (κ3) is 3.19. The highest BCUT2D eigenvalue weighted by atomic mass is 35.5. The number of hydrogen-bond donors (Lipinski definition) is 1. The zero-order chi connectivity index (χ0) is 24.3. The Hall–Kier alpha value is -3.96. The predicted octanol–water partition coefficient (Wildman–Crippen LogP) is 5.46. The lowest BCUT2D eigenvalue weighted by Crippen LogP contribution is -2.33. The van der Waals surface area contributed by atoms with E-state index in [0.29, 0.717) is 0 Å². The van der Waals surface area contributed by atoms with Gasteiger partial charge in [-0.1, -0.05) is 84.4 Å². The molecule has 1 saturated heterocycles. The van der Waals surface area contributed by atoms with E-state index in [2.05, 4.69) is 24.3 Å². The van der Waals surface area contributed by atoms with Gasteiger partial charge in [-0.05, 0) is 40.5 Å². The van der Waals surface area contributed by atoms with Crippen molar-refractivity contribution in [2.24, 2.45) is 23.7 Å². The first kappa shape index (κ1) is 21.6. The topological polar surface area (TPSA) is 74.7 Å². The summed E-state index contributed by atoms with van der Waals surface area (Å²) in [6, 6.07) is 24.3. The highest BCUT2D eigenvalue weighted by molar-refractivity contribution is 6.34. The molecular weight excluding hydrogens is 462 g/mol. The molecule has 2 bridgehead atoms. The molecule has 4 atom stereocenters. The van der Waals surface area contributed by atoms with Crippen LogP contribution < -0.4 is 4.90 Å². The minimum Gasteiger partial charge on any atom is -0.478 e. The summed E-state index contributed by atoms with van der Waals surface area (Å²) in [5.74, 6) is -3.24. The molecule has 1 heterocycles. The molecule has 35 heavy (non-hydrogen) atoms. The van der Waals surface area contributed by atoms with E-state index in [-0.39, 0.29) is 39.9 Å². The maximum absolute atomic E-state index is 13.7. The van der Waals surface area contributed by atoms with Crippen LogP contribution in [-0.4, -0.2) is 22.9 Å². The van der Waals surface area contributed by atoms with Crippen molar-refractivity contribution >= 4 is 40.6 Å². The second-order valence-electron chi connectivity index (χ2n) is 9.03. The van der Waals surface area contributed by atoms with Gasteiger partial charge in [0, 0.05) is 11.8 Å². The summed E-state index contributed by atoms with van der Waals surface area (Å²) in [7, 11) is 0. The number of anilines is 1. The number of benzene rings is 3. The van der Waals surface area contributed by atoms with Crippen LogP contribution in [0.15, 0.2) is 96.6 Å². The number of fused-ring (bicyclic) bond motifs is 5. The Kier molecular flexibility index (Phi) is 4.97. The number of allylic oxidation sites excluding steroid dienone is 3. The highest BCUT2D eigenvalue weighted by Gasteiger charge is 2.62. The summed E-state index contributed by atoms with van der Waals surface area (Å²) in [6.45, 7) is 0. The first-order valence-electron chi connectivity index (χ1n) is 11.4. The smallest absolute Gasteiger partial charge is 0.337 e. The highest BCUT2D eigenvalue weighted by Crippen LogP contribution is 2.58. The zero-order valence-electron chi connectivity index (χ0n) is 18.5. The van der Waals surface area contributed by atoms with Crippen molar-refractivity contribution < 1.29 is 19.5 Å². The lowest BCUT2D eigenvalue weighted by molar-refractivity contribution is -0.122. The van der Waals surface area contributed by atoms with Crippen LogP contribution in [0.4, 0.5) is 5.69 Å². The first-order valence-corrected chi connectivity index (χ1v) is 11.8. The van der Waals surface area contributed by atoms with Crippen LogP contribution in [0, 0.1) is 23.7 Å². The van der Waals surface area contributed by atoms with Crippen molar-refractivity contribution in [3.05, 3.63) is 118 Å².